The fourth-order valence-corrected chi connectivity index (χ4v) is 3.46. The Morgan fingerprint density at radius 1 is 1.08 bits per heavy atom. The van der Waals surface area contributed by atoms with E-state index in [0.717, 1.165) is 11.1 Å². The van der Waals surface area contributed by atoms with E-state index in [4.69, 9.17) is 0 Å². The molecule has 1 aromatic heterocycles. The zero-order valence-electron chi connectivity index (χ0n) is 13.9. The highest BCUT2D eigenvalue weighted by atomic mass is 32.2. The second kappa shape index (κ2) is 6.68. The number of hydrogen-bond donors (Lipinski definition) is 1. The fourth-order valence-electron chi connectivity index (χ4n) is 2.38. The normalized spacial score (nSPS) is 11.5. The molecule has 0 aliphatic heterocycles. The van der Waals surface area contributed by atoms with E-state index >= 15 is 0 Å². The standard InChI is InChI=1S/C18H18FN3O2S/c1-13-7-8-16(11-14(13)2)25(23,24)21-18-9-10-22(20-18)12-15-5-3-4-6-17(15)19/h3-11H,12H2,1-2H3,(H,20,21). The van der Waals surface area contributed by atoms with Gasteiger partial charge >= 0.3 is 0 Å². The summed E-state index contributed by atoms with van der Waals surface area (Å²) in [7, 11) is -3.72. The Morgan fingerprint density at radius 2 is 1.84 bits per heavy atom. The summed E-state index contributed by atoms with van der Waals surface area (Å²) in [6.07, 6.45) is 1.60. The lowest BCUT2D eigenvalue weighted by Crippen LogP contribution is -2.14. The maximum atomic E-state index is 13.7. The van der Waals surface area contributed by atoms with Crippen molar-refractivity contribution in [2.45, 2.75) is 25.3 Å². The molecule has 0 unspecified atom stereocenters. The average Bonchev–Trinajstić information content (AvgIpc) is 2.98. The molecule has 0 aliphatic carbocycles. The van der Waals surface area contributed by atoms with Crippen LogP contribution in [0.4, 0.5) is 10.2 Å². The number of nitrogens with zero attached hydrogens (tertiary/aromatic N) is 2. The van der Waals surface area contributed by atoms with Gasteiger partial charge in [0.2, 0.25) is 0 Å². The highest BCUT2D eigenvalue weighted by Gasteiger charge is 2.16. The van der Waals surface area contributed by atoms with E-state index in [1.165, 1.54) is 10.7 Å². The first-order chi connectivity index (χ1) is 11.8. The van der Waals surface area contributed by atoms with Crippen LogP contribution in [0.5, 0.6) is 0 Å². The Morgan fingerprint density at radius 3 is 2.56 bits per heavy atom. The minimum atomic E-state index is -3.72. The number of aromatic nitrogens is 2. The lowest BCUT2D eigenvalue weighted by Gasteiger charge is -2.08. The van der Waals surface area contributed by atoms with Crippen LogP contribution >= 0.6 is 0 Å². The lowest BCUT2D eigenvalue weighted by atomic mass is 10.1. The molecule has 0 bridgehead atoms. The molecule has 0 spiro atoms. The van der Waals surface area contributed by atoms with Crippen LogP contribution in [0.15, 0.2) is 59.6 Å². The van der Waals surface area contributed by atoms with Gasteiger partial charge < -0.3 is 0 Å². The third-order valence-electron chi connectivity index (χ3n) is 3.96. The van der Waals surface area contributed by atoms with Gasteiger partial charge in [0.25, 0.3) is 10.0 Å². The Bertz CT molecular complexity index is 1010. The fraction of sp³-hybridized carbons (Fsp3) is 0.167. The topological polar surface area (TPSA) is 64.0 Å². The van der Waals surface area contributed by atoms with Crippen LogP contribution in [-0.4, -0.2) is 18.2 Å². The minimum absolute atomic E-state index is 0.180. The van der Waals surface area contributed by atoms with Crippen molar-refractivity contribution in [3.8, 4) is 0 Å². The van der Waals surface area contributed by atoms with E-state index in [0.29, 0.717) is 5.56 Å². The van der Waals surface area contributed by atoms with Gasteiger partial charge in [0.1, 0.15) is 5.82 Å². The minimum Gasteiger partial charge on any atom is -0.266 e. The molecule has 0 fully saturated rings. The monoisotopic (exact) mass is 359 g/mol. The van der Waals surface area contributed by atoms with Crippen molar-refractivity contribution in [3.05, 3.63) is 77.2 Å². The average molecular weight is 359 g/mol. The van der Waals surface area contributed by atoms with Gasteiger partial charge in [-0.1, -0.05) is 24.3 Å². The van der Waals surface area contributed by atoms with Crippen LogP contribution in [0.1, 0.15) is 16.7 Å². The van der Waals surface area contributed by atoms with Gasteiger partial charge in [0, 0.05) is 17.8 Å². The summed E-state index contributed by atoms with van der Waals surface area (Å²) in [4.78, 5) is 0.180. The van der Waals surface area contributed by atoms with Gasteiger partial charge in [-0.05, 0) is 43.2 Å². The molecule has 25 heavy (non-hydrogen) atoms. The summed E-state index contributed by atoms with van der Waals surface area (Å²) >= 11 is 0. The number of rotatable bonds is 5. The van der Waals surface area contributed by atoms with Crippen molar-refractivity contribution < 1.29 is 12.8 Å². The number of aryl methyl sites for hydroxylation is 2. The molecule has 2 aromatic carbocycles. The van der Waals surface area contributed by atoms with Crippen LogP contribution in [-0.2, 0) is 16.6 Å². The molecular formula is C18H18FN3O2S. The summed E-state index contributed by atoms with van der Waals surface area (Å²) in [6, 6.07) is 12.9. The first-order valence-electron chi connectivity index (χ1n) is 7.72. The van der Waals surface area contributed by atoms with Gasteiger partial charge in [-0.15, -0.1) is 0 Å². The van der Waals surface area contributed by atoms with Gasteiger partial charge in [-0.2, -0.15) is 5.10 Å². The van der Waals surface area contributed by atoms with Gasteiger partial charge in [-0.25, -0.2) is 12.8 Å². The molecule has 0 saturated carbocycles. The quantitative estimate of drug-likeness (QED) is 0.758. The molecule has 0 atom stereocenters. The number of anilines is 1. The summed E-state index contributed by atoms with van der Waals surface area (Å²) in [6.45, 7) is 4.00. The predicted octanol–water partition coefficient (Wildman–Crippen LogP) is 3.49. The molecule has 130 valence electrons. The predicted molar refractivity (Wildman–Crippen MR) is 94.5 cm³/mol. The number of benzene rings is 2. The third kappa shape index (κ3) is 3.88. The van der Waals surface area contributed by atoms with E-state index in [9.17, 15) is 12.8 Å². The van der Waals surface area contributed by atoms with Crippen molar-refractivity contribution in [3.63, 3.8) is 0 Å². The van der Waals surface area contributed by atoms with Crippen molar-refractivity contribution in [2.75, 3.05) is 4.72 Å². The molecular weight excluding hydrogens is 341 g/mol. The molecule has 5 nitrogen and oxygen atoms in total. The second-order valence-corrected chi connectivity index (χ2v) is 7.52. The van der Waals surface area contributed by atoms with E-state index in [1.807, 2.05) is 13.8 Å². The maximum Gasteiger partial charge on any atom is 0.263 e. The van der Waals surface area contributed by atoms with Crippen molar-refractivity contribution in [1.82, 2.24) is 9.78 Å². The van der Waals surface area contributed by atoms with E-state index < -0.39 is 10.0 Å². The molecule has 0 saturated heterocycles. The largest absolute Gasteiger partial charge is 0.266 e. The molecule has 0 aliphatic rings. The van der Waals surface area contributed by atoms with E-state index in [2.05, 4.69) is 9.82 Å². The lowest BCUT2D eigenvalue weighted by molar-refractivity contribution is 0.585. The van der Waals surface area contributed by atoms with Crippen molar-refractivity contribution >= 4 is 15.8 Å². The Labute approximate surface area is 146 Å². The van der Waals surface area contributed by atoms with Gasteiger partial charge in [0.15, 0.2) is 5.82 Å². The van der Waals surface area contributed by atoms with Crippen LogP contribution in [0.3, 0.4) is 0 Å². The van der Waals surface area contributed by atoms with Crippen LogP contribution in [0, 0.1) is 19.7 Å². The highest BCUT2D eigenvalue weighted by molar-refractivity contribution is 7.92. The third-order valence-corrected chi connectivity index (χ3v) is 5.31. The number of halogens is 1. The zero-order chi connectivity index (χ0) is 18.0. The molecule has 3 aromatic rings. The molecule has 1 N–H and O–H groups in total. The Balaban J connectivity index is 1.78. The maximum absolute atomic E-state index is 13.7. The highest BCUT2D eigenvalue weighted by Crippen LogP contribution is 2.18. The summed E-state index contributed by atoms with van der Waals surface area (Å²) < 4.78 is 42.6. The summed E-state index contributed by atoms with van der Waals surface area (Å²) in [5.41, 5.74) is 2.40. The smallest absolute Gasteiger partial charge is 0.263 e. The SMILES string of the molecule is Cc1ccc(S(=O)(=O)Nc2ccn(Cc3ccccc3F)n2)cc1C. The Kier molecular flexibility index (Phi) is 4.59. The van der Waals surface area contributed by atoms with Crippen LogP contribution < -0.4 is 4.72 Å². The molecule has 1 heterocycles. The number of nitrogens with one attached hydrogen (secondary N) is 1. The van der Waals surface area contributed by atoms with Gasteiger partial charge in [-0.3, -0.25) is 9.40 Å². The van der Waals surface area contributed by atoms with E-state index in [-0.39, 0.29) is 23.1 Å². The zero-order valence-corrected chi connectivity index (χ0v) is 14.7. The number of sulfonamides is 1. The van der Waals surface area contributed by atoms with Crippen molar-refractivity contribution in [1.29, 1.82) is 0 Å². The van der Waals surface area contributed by atoms with Crippen molar-refractivity contribution in [2.24, 2.45) is 0 Å². The van der Waals surface area contributed by atoms with Gasteiger partial charge in [0.05, 0.1) is 11.4 Å². The number of hydrogen-bond acceptors (Lipinski definition) is 3. The first kappa shape index (κ1) is 17.2. The first-order valence-corrected chi connectivity index (χ1v) is 9.20. The molecule has 3 rings (SSSR count). The summed E-state index contributed by atoms with van der Waals surface area (Å²) in [5, 5.41) is 4.16. The Hall–Kier alpha value is -2.67. The molecule has 0 amide bonds. The molecule has 7 heteroatoms. The van der Waals surface area contributed by atoms with E-state index in [1.54, 1.807) is 48.7 Å². The second-order valence-electron chi connectivity index (χ2n) is 5.84. The van der Waals surface area contributed by atoms with Crippen LogP contribution in [0.25, 0.3) is 0 Å². The molecule has 0 radical (unpaired) electrons. The summed E-state index contributed by atoms with van der Waals surface area (Å²) in [5.74, 6) is -0.134. The van der Waals surface area contributed by atoms with Crippen LogP contribution in [0.2, 0.25) is 0 Å².